The van der Waals surface area contributed by atoms with Crippen LogP contribution in [0.25, 0.3) is 0 Å². The van der Waals surface area contributed by atoms with Crippen molar-refractivity contribution in [1.82, 2.24) is 5.32 Å². The summed E-state index contributed by atoms with van der Waals surface area (Å²) in [5.74, 6) is -2.05. The summed E-state index contributed by atoms with van der Waals surface area (Å²) in [7, 11) is 0. The molecule has 1 amide bonds. The van der Waals surface area contributed by atoms with Gasteiger partial charge in [0, 0.05) is 5.41 Å². The second kappa shape index (κ2) is 4.10. The zero-order chi connectivity index (χ0) is 15.3. The summed E-state index contributed by atoms with van der Waals surface area (Å²) in [5, 5.41) is 20.6. The van der Waals surface area contributed by atoms with Gasteiger partial charge in [0.15, 0.2) is 0 Å². The number of aliphatic carboxylic acids is 2. The number of nitrogens with one attached hydrogen (secondary N) is 1. The molecule has 0 aromatic carbocycles. The van der Waals surface area contributed by atoms with Crippen molar-refractivity contribution in [1.29, 1.82) is 0 Å². The van der Waals surface area contributed by atoms with E-state index in [4.69, 9.17) is 9.84 Å². The van der Waals surface area contributed by atoms with Crippen LogP contribution >= 0.6 is 0 Å². The molecule has 0 radical (unpaired) electrons. The van der Waals surface area contributed by atoms with E-state index in [0.29, 0.717) is 19.3 Å². The summed E-state index contributed by atoms with van der Waals surface area (Å²) >= 11 is 0. The zero-order valence-corrected chi connectivity index (χ0v) is 11.7. The molecule has 3 rings (SSSR count). The molecule has 0 aromatic rings. The van der Waals surface area contributed by atoms with Crippen LogP contribution in [-0.4, -0.2) is 39.9 Å². The van der Waals surface area contributed by atoms with Gasteiger partial charge in [0.2, 0.25) is 0 Å². The van der Waals surface area contributed by atoms with Crippen LogP contribution in [0.5, 0.6) is 0 Å². The monoisotopic (exact) mass is 285 g/mol. The summed E-state index contributed by atoms with van der Waals surface area (Å²) in [4.78, 5) is 34.0. The van der Waals surface area contributed by atoms with E-state index < -0.39 is 40.5 Å². The molecule has 0 aromatic heterocycles. The molecule has 0 heterocycles. The lowest BCUT2D eigenvalue weighted by Crippen LogP contribution is -2.74. The lowest BCUT2D eigenvalue weighted by Gasteiger charge is -2.69. The lowest BCUT2D eigenvalue weighted by molar-refractivity contribution is -0.234. The number of rotatable bonds is 4. The third-order valence-electron chi connectivity index (χ3n) is 4.05. The van der Waals surface area contributed by atoms with Crippen molar-refractivity contribution >= 4 is 18.0 Å². The van der Waals surface area contributed by atoms with Gasteiger partial charge in [-0.1, -0.05) is 0 Å². The number of carboxylic acids is 2. The second-order valence-corrected chi connectivity index (χ2v) is 6.90. The molecule has 3 saturated carbocycles. The van der Waals surface area contributed by atoms with Gasteiger partial charge in [0.25, 0.3) is 0 Å². The summed E-state index contributed by atoms with van der Waals surface area (Å²) in [6, 6.07) is -1.10. The number of hydrogen-bond acceptors (Lipinski definition) is 4. The van der Waals surface area contributed by atoms with E-state index in [1.165, 1.54) is 0 Å². The van der Waals surface area contributed by atoms with Gasteiger partial charge in [0.1, 0.15) is 11.6 Å². The molecule has 0 aliphatic heterocycles. The molecule has 112 valence electrons. The van der Waals surface area contributed by atoms with E-state index in [2.05, 4.69) is 5.32 Å². The van der Waals surface area contributed by atoms with Gasteiger partial charge < -0.3 is 20.3 Å². The van der Waals surface area contributed by atoms with Gasteiger partial charge in [-0.25, -0.2) is 9.59 Å². The van der Waals surface area contributed by atoms with Crippen LogP contribution in [0.1, 0.15) is 40.0 Å². The molecular formula is C13H19NO6. The maximum absolute atomic E-state index is 11.7. The van der Waals surface area contributed by atoms with Crippen LogP contribution in [0, 0.1) is 10.8 Å². The normalized spacial score (nSPS) is 32.4. The Morgan fingerprint density at radius 3 is 2.00 bits per heavy atom. The fraction of sp³-hybridized carbons (Fsp3) is 0.769. The van der Waals surface area contributed by atoms with Gasteiger partial charge >= 0.3 is 18.0 Å². The second-order valence-electron chi connectivity index (χ2n) is 6.90. The van der Waals surface area contributed by atoms with Crippen molar-refractivity contribution in [2.45, 2.75) is 51.7 Å². The number of hydrogen-bond donors (Lipinski definition) is 3. The van der Waals surface area contributed by atoms with Gasteiger partial charge in [-0.15, -0.1) is 0 Å². The van der Waals surface area contributed by atoms with Gasteiger partial charge in [-0.3, -0.25) is 4.79 Å². The molecule has 3 fully saturated rings. The van der Waals surface area contributed by atoms with E-state index in [1.54, 1.807) is 20.8 Å². The predicted molar refractivity (Wildman–Crippen MR) is 67.1 cm³/mol. The highest BCUT2D eigenvalue weighted by molar-refractivity contribution is 5.85. The highest BCUT2D eigenvalue weighted by Gasteiger charge is 2.75. The molecule has 7 nitrogen and oxygen atoms in total. The van der Waals surface area contributed by atoms with E-state index in [9.17, 15) is 19.5 Å². The van der Waals surface area contributed by atoms with E-state index in [0.717, 1.165) is 0 Å². The molecule has 3 aliphatic carbocycles. The van der Waals surface area contributed by atoms with Crippen LogP contribution < -0.4 is 5.32 Å². The number of ether oxygens (including phenoxy) is 1. The number of carbonyl (C=O) groups is 3. The van der Waals surface area contributed by atoms with Crippen LogP contribution in [0.2, 0.25) is 0 Å². The van der Waals surface area contributed by atoms with Crippen molar-refractivity contribution in [3.8, 4) is 0 Å². The third kappa shape index (κ3) is 2.21. The summed E-state index contributed by atoms with van der Waals surface area (Å²) in [6.45, 7) is 5.05. The maximum Gasteiger partial charge on any atom is 0.408 e. The molecule has 0 saturated heterocycles. The minimum absolute atomic E-state index is 0.294. The van der Waals surface area contributed by atoms with Crippen molar-refractivity contribution in [3.05, 3.63) is 0 Å². The van der Waals surface area contributed by atoms with Gasteiger partial charge in [0.05, 0.1) is 5.41 Å². The molecule has 0 unspecified atom stereocenters. The minimum Gasteiger partial charge on any atom is -0.481 e. The molecule has 0 spiro atoms. The van der Waals surface area contributed by atoms with Crippen molar-refractivity contribution in [3.63, 3.8) is 0 Å². The Balaban J connectivity index is 2.00. The van der Waals surface area contributed by atoms with E-state index in [1.807, 2.05) is 0 Å². The van der Waals surface area contributed by atoms with Crippen molar-refractivity contribution < 1.29 is 29.3 Å². The summed E-state index contributed by atoms with van der Waals surface area (Å²) < 4.78 is 5.04. The number of amides is 1. The predicted octanol–water partition coefficient (Wildman–Crippen LogP) is 1.22. The molecule has 3 aliphatic rings. The fourth-order valence-electron chi connectivity index (χ4n) is 3.30. The molecule has 2 bridgehead atoms. The highest BCUT2D eigenvalue weighted by Crippen LogP contribution is 2.74. The zero-order valence-electron chi connectivity index (χ0n) is 11.7. The van der Waals surface area contributed by atoms with E-state index >= 15 is 0 Å². The standard InChI is InChI=1S/C13H19NO6/c1-11(2,3)20-10(19)14-7(8(15)16)12-4-13(5-12,6-12)9(17)18/h7H,4-6H2,1-3H3,(H,14,19)(H,15,16)(H,17,18)/t7-,12?,13?/m1/s1. The smallest absolute Gasteiger partial charge is 0.408 e. The third-order valence-corrected chi connectivity index (χ3v) is 4.05. The lowest BCUT2D eigenvalue weighted by atomic mass is 9.33. The Hall–Kier alpha value is -1.79. The number of carbonyl (C=O) groups excluding carboxylic acids is 1. The number of alkyl carbamates (subject to hydrolysis) is 1. The first-order valence-corrected chi connectivity index (χ1v) is 6.46. The van der Waals surface area contributed by atoms with Crippen LogP contribution in [0.4, 0.5) is 4.79 Å². The van der Waals surface area contributed by atoms with Crippen molar-refractivity contribution in [2.24, 2.45) is 10.8 Å². The minimum atomic E-state index is -1.16. The topological polar surface area (TPSA) is 113 Å². The Bertz CT molecular complexity index is 458. The molecular weight excluding hydrogens is 266 g/mol. The van der Waals surface area contributed by atoms with Crippen LogP contribution in [0.15, 0.2) is 0 Å². The van der Waals surface area contributed by atoms with E-state index in [-0.39, 0.29) is 0 Å². The number of carboxylic acid groups (broad SMARTS) is 2. The first-order valence-electron chi connectivity index (χ1n) is 6.46. The Morgan fingerprint density at radius 1 is 1.15 bits per heavy atom. The Labute approximate surface area is 116 Å². The summed E-state index contributed by atoms with van der Waals surface area (Å²) in [6.07, 6.45) is 0.0887. The SMILES string of the molecule is CC(C)(C)OC(=O)N[C@H](C(=O)O)C12CC(C(=O)O)(C1)C2. The molecule has 7 heteroatoms. The van der Waals surface area contributed by atoms with Crippen molar-refractivity contribution in [2.75, 3.05) is 0 Å². The molecule has 3 N–H and O–H groups in total. The van der Waals surface area contributed by atoms with Gasteiger partial charge in [-0.2, -0.15) is 0 Å². The summed E-state index contributed by atoms with van der Waals surface area (Å²) in [5.41, 5.74) is -2.13. The van der Waals surface area contributed by atoms with Gasteiger partial charge in [-0.05, 0) is 40.0 Å². The average Bonchev–Trinajstić information content (AvgIpc) is 2.07. The first-order chi connectivity index (χ1) is 9.00. The molecule has 20 heavy (non-hydrogen) atoms. The fourth-order valence-corrected chi connectivity index (χ4v) is 3.30. The Morgan fingerprint density at radius 2 is 1.65 bits per heavy atom. The molecule has 1 atom stereocenters. The highest BCUT2D eigenvalue weighted by atomic mass is 16.6. The quantitative estimate of drug-likeness (QED) is 0.715. The Kier molecular flexibility index (Phi) is 3.00. The largest absolute Gasteiger partial charge is 0.481 e. The van der Waals surface area contributed by atoms with Crippen LogP contribution in [-0.2, 0) is 14.3 Å². The average molecular weight is 285 g/mol. The van der Waals surface area contributed by atoms with Crippen LogP contribution in [0.3, 0.4) is 0 Å². The first kappa shape index (κ1) is 14.6. The maximum atomic E-state index is 11.7.